The van der Waals surface area contributed by atoms with Crippen LogP contribution in [0.5, 0.6) is 5.75 Å². The molecule has 2 rings (SSSR count). The fourth-order valence-electron chi connectivity index (χ4n) is 1.89. The zero-order valence-corrected chi connectivity index (χ0v) is 13.4. The Kier molecular flexibility index (Phi) is 4.63. The first-order valence-corrected chi connectivity index (χ1v) is 7.10. The molecule has 0 aliphatic heterocycles. The van der Waals surface area contributed by atoms with Crippen molar-refractivity contribution in [2.75, 3.05) is 0 Å². The largest absolute Gasteiger partial charge is 0.483 e. The summed E-state index contributed by atoms with van der Waals surface area (Å²) in [4.78, 5) is 4.14. The summed E-state index contributed by atoms with van der Waals surface area (Å²) < 4.78 is 10.9. The predicted octanol–water partition coefficient (Wildman–Crippen LogP) is 3.15. The number of ether oxygens (including phenoxy) is 1. The van der Waals surface area contributed by atoms with E-state index in [-0.39, 0.29) is 12.1 Å². The Morgan fingerprint density at radius 3 is 2.62 bits per heavy atom. The predicted molar refractivity (Wildman–Crippen MR) is 81.1 cm³/mol. The van der Waals surface area contributed by atoms with Crippen molar-refractivity contribution in [3.63, 3.8) is 0 Å². The molecule has 0 amide bonds. The monoisotopic (exact) mass is 289 g/mol. The Morgan fingerprint density at radius 2 is 2.00 bits per heavy atom. The van der Waals surface area contributed by atoms with Gasteiger partial charge in [-0.1, -0.05) is 22.9 Å². The lowest BCUT2D eigenvalue weighted by molar-refractivity contribution is 0.239. The zero-order valence-electron chi connectivity index (χ0n) is 13.4. The Labute approximate surface area is 125 Å². The second kappa shape index (κ2) is 6.26. The highest BCUT2D eigenvalue weighted by molar-refractivity contribution is 5.37. The molecular weight excluding hydrogens is 266 g/mol. The van der Waals surface area contributed by atoms with Gasteiger partial charge in [-0.2, -0.15) is 4.98 Å². The van der Waals surface area contributed by atoms with Gasteiger partial charge in [0.1, 0.15) is 5.75 Å². The van der Waals surface area contributed by atoms with Gasteiger partial charge in [0.2, 0.25) is 0 Å². The number of nitrogens with one attached hydrogen (secondary N) is 1. The van der Waals surface area contributed by atoms with Crippen LogP contribution in [0.3, 0.4) is 0 Å². The van der Waals surface area contributed by atoms with Crippen molar-refractivity contribution in [3.8, 4) is 5.75 Å². The molecule has 114 valence electrons. The number of hydrogen-bond acceptors (Lipinski definition) is 5. The van der Waals surface area contributed by atoms with Gasteiger partial charge < -0.3 is 14.6 Å². The lowest BCUT2D eigenvalue weighted by atomic mass is 10.1. The number of rotatable bonds is 5. The molecule has 0 saturated carbocycles. The van der Waals surface area contributed by atoms with E-state index in [1.54, 1.807) is 6.92 Å². The first kappa shape index (κ1) is 15.5. The van der Waals surface area contributed by atoms with Gasteiger partial charge in [-0.25, -0.2) is 0 Å². The molecule has 0 saturated heterocycles. The maximum Gasteiger partial charge on any atom is 0.264 e. The minimum atomic E-state index is 0.0601. The number of nitrogens with zero attached hydrogens (tertiary/aromatic N) is 2. The molecular formula is C16H23N3O2. The Morgan fingerprint density at radius 1 is 1.24 bits per heavy atom. The average Bonchev–Trinajstić information content (AvgIpc) is 2.80. The summed E-state index contributed by atoms with van der Waals surface area (Å²) in [5.41, 5.74) is 2.40. The van der Waals surface area contributed by atoms with E-state index < -0.39 is 0 Å². The summed E-state index contributed by atoms with van der Waals surface area (Å²) >= 11 is 0. The van der Waals surface area contributed by atoms with Crippen molar-refractivity contribution in [1.29, 1.82) is 0 Å². The molecule has 0 atom stereocenters. The van der Waals surface area contributed by atoms with Gasteiger partial charge in [0.15, 0.2) is 12.4 Å². The lowest BCUT2D eigenvalue weighted by Crippen LogP contribution is -2.35. The van der Waals surface area contributed by atoms with Crippen LogP contribution in [-0.2, 0) is 13.2 Å². The maximum atomic E-state index is 5.82. The molecule has 1 heterocycles. The van der Waals surface area contributed by atoms with Crippen LogP contribution in [-0.4, -0.2) is 15.7 Å². The van der Waals surface area contributed by atoms with Crippen LogP contribution in [0, 0.1) is 13.8 Å². The van der Waals surface area contributed by atoms with Gasteiger partial charge in [0, 0.05) is 17.6 Å². The molecule has 0 radical (unpaired) electrons. The fourth-order valence-corrected chi connectivity index (χ4v) is 1.89. The van der Waals surface area contributed by atoms with E-state index in [2.05, 4.69) is 49.2 Å². The zero-order chi connectivity index (χ0) is 15.5. The van der Waals surface area contributed by atoms with E-state index in [1.165, 1.54) is 5.56 Å². The Balaban J connectivity index is 2.07. The molecule has 1 aromatic heterocycles. The van der Waals surface area contributed by atoms with Crippen molar-refractivity contribution in [3.05, 3.63) is 41.0 Å². The lowest BCUT2D eigenvalue weighted by Gasteiger charge is -2.21. The highest BCUT2D eigenvalue weighted by Crippen LogP contribution is 2.21. The van der Waals surface area contributed by atoms with Gasteiger partial charge in [-0.15, -0.1) is 0 Å². The van der Waals surface area contributed by atoms with Crippen LogP contribution >= 0.6 is 0 Å². The van der Waals surface area contributed by atoms with Crippen LogP contribution in [0.4, 0.5) is 0 Å². The van der Waals surface area contributed by atoms with Crippen molar-refractivity contribution >= 4 is 0 Å². The Bertz CT molecular complexity index is 600. The van der Waals surface area contributed by atoms with E-state index in [0.29, 0.717) is 11.7 Å². The molecule has 0 aliphatic rings. The van der Waals surface area contributed by atoms with Gasteiger partial charge in [-0.05, 0) is 40.7 Å². The van der Waals surface area contributed by atoms with Gasteiger partial charge >= 0.3 is 0 Å². The SMILES string of the molecule is Cc1ccc(OCc2nc(C)no2)c(CNC(C)(C)C)c1. The fraction of sp³-hybridized carbons (Fsp3) is 0.500. The van der Waals surface area contributed by atoms with Crippen molar-refractivity contribution in [1.82, 2.24) is 15.5 Å². The second-order valence-corrected chi connectivity index (χ2v) is 6.24. The Hall–Kier alpha value is -1.88. The van der Waals surface area contributed by atoms with Crippen molar-refractivity contribution in [2.45, 2.75) is 53.3 Å². The molecule has 1 aromatic carbocycles. The van der Waals surface area contributed by atoms with Gasteiger partial charge in [-0.3, -0.25) is 0 Å². The highest BCUT2D eigenvalue weighted by Gasteiger charge is 2.12. The molecule has 0 bridgehead atoms. The number of aromatic nitrogens is 2. The highest BCUT2D eigenvalue weighted by atomic mass is 16.5. The van der Waals surface area contributed by atoms with Crippen LogP contribution in [0.25, 0.3) is 0 Å². The van der Waals surface area contributed by atoms with Gasteiger partial charge in [0.05, 0.1) is 0 Å². The third kappa shape index (κ3) is 4.86. The topological polar surface area (TPSA) is 60.2 Å². The summed E-state index contributed by atoms with van der Waals surface area (Å²) in [5.74, 6) is 1.95. The molecule has 5 heteroatoms. The third-order valence-electron chi connectivity index (χ3n) is 2.95. The normalized spacial score (nSPS) is 11.7. The van der Waals surface area contributed by atoms with Crippen molar-refractivity contribution in [2.24, 2.45) is 0 Å². The first-order chi connectivity index (χ1) is 9.83. The van der Waals surface area contributed by atoms with E-state index in [1.807, 2.05) is 12.1 Å². The van der Waals surface area contributed by atoms with E-state index in [4.69, 9.17) is 9.26 Å². The maximum absolute atomic E-state index is 5.82. The smallest absolute Gasteiger partial charge is 0.264 e. The van der Waals surface area contributed by atoms with E-state index >= 15 is 0 Å². The number of hydrogen-bond donors (Lipinski definition) is 1. The summed E-state index contributed by atoms with van der Waals surface area (Å²) in [6.07, 6.45) is 0. The van der Waals surface area contributed by atoms with E-state index in [0.717, 1.165) is 17.9 Å². The summed E-state index contributed by atoms with van der Waals surface area (Å²) in [6, 6.07) is 6.15. The molecule has 5 nitrogen and oxygen atoms in total. The summed E-state index contributed by atoms with van der Waals surface area (Å²) in [5, 5.41) is 7.23. The van der Waals surface area contributed by atoms with Crippen molar-refractivity contribution < 1.29 is 9.26 Å². The summed E-state index contributed by atoms with van der Waals surface area (Å²) in [6.45, 7) is 11.3. The number of benzene rings is 1. The third-order valence-corrected chi connectivity index (χ3v) is 2.95. The minimum Gasteiger partial charge on any atom is -0.483 e. The molecule has 2 aromatic rings. The van der Waals surface area contributed by atoms with Crippen LogP contribution < -0.4 is 10.1 Å². The van der Waals surface area contributed by atoms with Crippen LogP contribution in [0.2, 0.25) is 0 Å². The quantitative estimate of drug-likeness (QED) is 0.916. The molecule has 0 aliphatic carbocycles. The van der Waals surface area contributed by atoms with Gasteiger partial charge in [0.25, 0.3) is 5.89 Å². The molecule has 0 unspecified atom stereocenters. The number of aryl methyl sites for hydroxylation is 2. The molecule has 0 spiro atoms. The van der Waals surface area contributed by atoms with Crippen LogP contribution in [0.15, 0.2) is 22.7 Å². The molecule has 21 heavy (non-hydrogen) atoms. The minimum absolute atomic E-state index is 0.0601. The van der Waals surface area contributed by atoms with Crippen LogP contribution in [0.1, 0.15) is 43.6 Å². The molecule has 1 N–H and O–H groups in total. The average molecular weight is 289 g/mol. The molecule has 0 fully saturated rings. The standard InChI is InChI=1S/C16H23N3O2/c1-11-6-7-14(13(8-11)9-17-16(3,4)5)20-10-15-18-12(2)19-21-15/h6-8,17H,9-10H2,1-5H3. The first-order valence-electron chi connectivity index (χ1n) is 7.10. The van der Waals surface area contributed by atoms with E-state index in [9.17, 15) is 0 Å². The second-order valence-electron chi connectivity index (χ2n) is 6.24. The summed E-state index contributed by atoms with van der Waals surface area (Å²) in [7, 11) is 0.